The van der Waals surface area contributed by atoms with Crippen molar-refractivity contribution in [1.29, 1.82) is 0 Å². The minimum atomic E-state index is -1.95. The van der Waals surface area contributed by atoms with Gasteiger partial charge in [-0.3, -0.25) is 0 Å². The van der Waals surface area contributed by atoms with Crippen molar-refractivity contribution < 1.29 is 19.0 Å². The maximum absolute atomic E-state index is 10.8. The lowest BCUT2D eigenvalue weighted by atomic mass is 9.98. The summed E-state index contributed by atoms with van der Waals surface area (Å²) in [5, 5.41) is 10.9. The second kappa shape index (κ2) is 11.4. The Morgan fingerprint density at radius 3 is 2.28 bits per heavy atom. The van der Waals surface area contributed by atoms with Gasteiger partial charge in [0.2, 0.25) is 0 Å². The van der Waals surface area contributed by atoms with E-state index in [4.69, 9.17) is 13.9 Å². The van der Waals surface area contributed by atoms with Gasteiger partial charge in [-0.05, 0) is 37.4 Å². The zero-order valence-corrected chi connectivity index (χ0v) is 22.3. The summed E-state index contributed by atoms with van der Waals surface area (Å²) < 4.78 is 18.0. The molecule has 6 heteroatoms. The molecule has 0 amide bonds. The lowest BCUT2D eigenvalue weighted by molar-refractivity contribution is -0.155. The van der Waals surface area contributed by atoms with Crippen LogP contribution in [0.25, 0.3) is 0 Å². The predicted molar refractivity (Wildman–Crippen MR) is 128 cm³/mol. The fraction of sp³-hybridized carbons (Fsp3) is 0.826. The van der Waals surface area contributed by atoms with Gasteiger partial charge in [0.25, 0.3) is 0 Å². The van der Waals surface area contributed by atoms with Gasteiger partial charge in [-0.1, -0.05) is 71.3 Å². The third-order valence-electron chi connectivity index (χ3n) is 5.93. The minimum absolute atomic E-state index is 0.0288. The molecule has 1 saturated heterocycles. The Morgan fingerprint density at radius 2 is 1.76 bits per heavy atom. The summed E-state index contributed by atoms with van der Waals surface area (Å²) >= 11 is 0. The summed E-state index contributed by atoms with van der Waals surface area (Å²) in [6.07, 6.45) is 8.42. The molecular weight excluding hydrogens is 396 g/mol. The van der Waals surface area contributed by atoms with Crippen LogP contribution in [0.15, 0.2) is 23.9 Å². The van der Waals surface area contributed by atoms with Gasteiger partial charge < -0.3 is 19.0 Å². The van der Waals surface area contributed by atoms with Crippen LogP contribution in [0.1, 0.15) is 47.0 Å². The van der Waals surface area contributed by atoms with Crippen molar-refractivity contribution in [1.82, 2.24) is 0 Å². The van der Waals surface area contributed by atoms with Crippen LogP contribution in [0.4, 0.5) is 0 Å². The molecule has 0 saturated carbocycles. The van der Waals surface area contributed by atoms with E-state index in [9.17, 15) is 5.11 Å². The molecule has 1 N–H and O–H groups in total. The van der Waals surface area contributed by atoms with E-state index in [0.29, 0.717) is 6.61 Å². The molecule has 0 aromatic heterocycles. The van der Waals surface area contributed by atoms with Gasteiger partial charge in [0.05, 0.1) is 26.9 Å². The highest BCUT2D eigenvalue weighted by atomic mass is 28.4. The van der Waals surface area contributed by atoms with Crippen LogP contribution in [0.3, 0.4) is 0 Å². The van der Waals surface area contributed by atoms with E-state index < -0.39 is 22.5 Å². The standard InChI is InChI=1S/C23H46O4Si2/c1-19(20(24)13-12-17-26-22-14-10-11-16-25-22)21(15-18-28(5,6)7)27-29(8,9)23(2,3)4/h12-13,15,18-22,24H,10-11,14,16-17H2,1-9H3/b13-12-,18-15+/t19-,20+,21-,22?/m1/s1. The van der Waals surface area contributed by atoms with E-state index in [1.54, 1.807) is 0 Å². The normalized spacial score (nSPS) is 22.9. The minimum Gasteiger partial charge on any atom is -0.410 e. The molecule has 0 bridgehead atoms. The Balaban J connectivity index is 2.76. The van der Waals surface area contributed by atoms with Crippen LogP contribution in [0.2, 0.25) is 37.8 Å². The van der Waals surface area contributed by atoms with Gasteiger partial charge in [0, 0.05) is 12.5 Å². The van der Waals surface area contributed by atoms with Gasteiger partial charge in [-0.15, -0.1) is 0 Å². The van der Waals surface area contributed by atoms with Gasteiger partial charge >= 0.3 is 0 Å². The summed E-state index contributed by atoms with van der Waals surface area (Å²) in [5.41, 5.74) is 2.33. The Morgan fingerprint density at radius 1 is 1.10 bits per heavy atom. The second-order valence-corrected chi connectivity index (χ2v) is 20.8. The van der Waals surface area contributed by atoms with E-state index >= 15 is 0 Å². The Bertz CT molecular complexity index is 526. The van der Waals surface area contributed by atoms with Gasteiger partial charge in [-0.2, -0.15) is 0 Å². The molecule has 1 aliphatic heterocycles. The fourth-order valence-corrected chi connectivity index (χ4v) is 4.89. The van der Waals surface area contributed by atoms with E-state index in [1.807, 2.05) is 12.2 Å². The lowest BCUT2D eigenvalue weighted by Gasteiger charge is -2.40. The fourth-order valence-electron chi connectivity index (χ4n) is 2.79. The molecular formula is C23H46O4Si2. The monoisotopic (exact) mass is 442 g/mol. The molecule has 1 unspecified atom stereocenters. The van der Waals surface area contributed by atoms with Crippen LogP contribution in [0.5, 0.6) is 0 Å². The van der Waals surface area contributed by atoms with Crippen molar-refractivity contribution in [2.75, 3.05) is 13.2 Å². The molecule has 1 rings (SSSR count). The molecule has 4 atom stereocenters. The third-order valence-corrected chi connectivity index (χ3v) is 11.6. The maximum Gasteiger partial charge on any atom is 0.192 e. The first-order valence-electron chi connectivity index (χ1n) is 11.2. The van der Waals surface area contributed by atoms with E-state index in [0.717, 1.165) is 25.9 Å². The van der Waals surface area contributed by atoms with Crippen molar-refractivity contribution >= 4 is 16.4 Å². The first-order valence-corrected chi connectivity index (χ1v) is 17.7. The summed E-state index contributed by atoms with van der Waals surface area (Å²) in [4.78, 5) is 0. The van der Waals surface area contributed by atoms with Crippen molar-refractivity contribution in [3.63, 3.8) is 0 Å². The molecule has 0 aliphatic carbocycles. The molecule has 1 heterocycles. The molecule has 1 fully saturated rings. The third kappa shape index (κ3) is 10.1. The second-order valence-electron chi connectivity index (χ2n) is 11.0. The van der Waals surface area contributed by atoms with E-state index in [-0.39, 0.29) is 23.4 Å². The number of hydrogen-bond acceptors (Lipinski definition) is 4. The van der Waals surface area contributed by atoms with Crippen molar-refractivity contribution in [3.05, 3.63) is 23.9 Å². The first-order chi connectivity index (χ1) is 13.2. The Labute approximate surface area is 181 Å². The van der Waals surface area contributed by atoms with Crippen LogP contribution < -0.4 is 0 Å². The van der Waals surface area contributed by atoms with E-state index in [2.05, 4.69) is 72.2 Å². The molecule has 170 valence electrons. The predicted octanol–water partition coefficient (Wildman–Crippen LogP) is 5.91. The Kier molecular flexibility index (Phi) is 10.5. The number of ether oxygens (including phenoxy) is 2. The summed E-state index contributed by atoms with van der Waals surface area (Å²) in [6.45, 7) is 21.6. The highest BCUT2D eigenvalue weighted by molar-refractivity contribution is 6.81. The van der Waals surface area contributed by atoms with Crippen molar-refractivity contribution in [2.24, 2.45) is 5.92 Å². The molecule has 0 spiro atoms. The number of rotatable bonds is 10. The summed E-state index contributed by atoms with van der Waals surface area (Å²) in [5.74, 6) is -0.0288. The largest absolute Gasteiger partial charge is 0.410 e. The number of aliphatic hydroxyl groups excluding tert-OH is 1. The maximum atomic E-state index is 10.8. The van der Waals surface area contributed by atoms with Gasteiger partial charge in [0.1, 0.15) is 0 Å². The van der Waals surface area contributed by atoms with Crippen LogP contribution in [0, 0.1) is 5.92 Å². The van der Waals surface area contributed by atoms with Crippen molar-refractivity contribution in [2.45, 2.75) is 103 Å². The zero-order valence-electron chi connectivity index (χ0n) is 20.3. The van der Waals surface area contributed by atoms with Gasteiger partial charge in [-0.25, -0.2) is 0 Å². The molecule has 0 radical (unpaired) electrons. The smallest absolute Gasteiger partial charge is 0.192 e. The lowest BCUT2D eigenvalue weighted by Crippen LogP contribution is -2.46. The highest BCUT2D eigenvalue weighted by Crippen LogP contribution is 2.38. The molecule has 4 nitrogen and oxygen atoms in total. The summed E-state index contributed by atoms with van der Waals surface area (Å²) in [6, 6.07) is 0. The summed E-state index contributed by atoms with van der Waals surface area (Å²) in [7, 11) is -3.30. The number of aliphatic hydroxyl groups is 1. The number of hydrogen-bond donors (Lipinski definition) is 1. The SMILES string of the molecule is C[C@H]([C@@H](O)/C=C\COC1CCCCO1)[C@@H](/C=C/[Si](C)(C)C)O[Si](C)(C)C(C)(C)C. The average Bonchev–Trinajstić information content (AvgIpc) is 2.60. The van der Waals surface area contributed by atoms with Crippen molar-refractivity contribution in [3.8, 4) is 0 Å². The molecule has 1 aliphatic rings. The zero-order chi connectivity index (χ0) is 22.3. The van der Waals surface area contributed by atoms with Crippen LogP contribution in [-0.4, -0.2) is 53.2 Å². The van der Waals surface area contributed by atoms with Crippen LogP contribution in [-0.2, 0) is 13.9 Å². The topological polar surface area (TPSA) is 47.9 Å². The molecule has 0 aromatic carbocycles. The average molecular weight is 443 g/mol. The van der Waals surface area contributed by atoms with Gasteiger partial charge in [0.15, 0.2) is 14.6 Å². The molecule has 0 aromatic rings. The Hall–Kier alpha value is -0.246. The quantitative estimate of drug-likeness (QED) is 0.338. The van der Waals surface area contributed by atoms with Crippen LogP contribution >= 0.6 is 0 Å². The van der Waals surface area contributed by atoms with E-state index in [1.165, 1.54) is 0 Å². The highest BCUT2D eigenvalue weighted by Gasteiger charge is 2.40. The first kappa shape index (κ1) is 26.8. The molecule has 29 heavy (non-hydrogen) atoms.